The summed E-state index contributed by atoms with van der Waals surface area (Å²) in [5.41, 5.74) is 1.86. The maximum absolute atomic E-state index is 12.4. The van der Waals surface area contributed by atoms with Crippen molar-refractivity contribution in [3.05, 3.63) is 59.7 Å². The summed E-state index contributed by atoms with van der Waals surface area (Å²) in [5, 5.41) is 24.1. The molecule has 1 fully saturated rings. The van der Waals surface area contributed by atoms with E-state index in [-0.39, 0.29) is 11.9 Å². The fourth-order valence-corrected chi connectivity index (χ4v) is 2.95. The van der Waals surface area contributed by atoms with Gasteiger partial charge in [-0.05, 0) is 49.2 Å². The summed E-state index contributed by atoms with van der Waals surface area (Å²) in [5.74, 6) is -0.338. The van der Waals surface area contributed by atoms with Crippen LogP contribution >= 0.6 is 0 Å². The van der Waals surface area contributed by atoms with Crippen LogP contribution in [0.3, 0.4) is 0 Å². The number of hydrogen-bond acceptors (Lipinski definition) is 4. The number of nitrogens with one attached hydrogen (secondary N) is 2. The van der Waals surface area contributed by atoms with Crippen molar-refractivity contribution < 1.29 is 14.7 Å². The van der Waals surface area contributed by atoms with Crippen LogP contribution < -0.4 is 10.6 Å². The molecular weight excluding hydrogens is 344 g/mol. The van der Waals surface area contributed by atoms with Crippen LogP contribution in [0.25, 0.3) is 0 Å². The summed E-state index contributed by atoms with van der Waals surface area (Å²) >= 11 is 0. The molecule has 3 N–H and O–H groups in total. The maximum atomic E-state index is 12.4. The lowest BCUT2D eigenvalue weighted by atomic mass is 10.1. The second kappa shape index (κ2) is 8.34. The Balaban J connectivity index is 1.66. The molecule has 0 bridgehead atoms. The van der Waals surface area contributed by atoms with Crippen molar-refractivity contribution in [2.75, 3.05) is 23.7 Å². The maximum Gasteiger partial charge on any atom is 0.321 e. The molecule has 2 aromatic rings. The Morgan fingerprint density at radius 1 is 1.11 bits per heavy atom. The number of anilines is 2. The molecule has 7 nitrogen and oxygen atoms in total. The zero-order valence-corrected chi connectivity index (χ0v) is 14.7. The van der Waals surface area contributed by atoms with Gasteiger partial charge in [0.1, 0.15) is 0 Å². The second-order valence-electron chi connectivity index (χ2n) is 6.40. The number of hydrogen-bond donors (Lipinski definition) is 3. The number of rotatable bonds is 3. The summed E-state index contributed by atoms with van der Waals surface area (Å²) in [4.78, 5) is 26.3. The van der Waals surface area contributed by atoms with E-state index in [1.165, 1.54) is 0 Å². The van der Waals surface area contributed by atoms with Crippen LogP contribution in [0, 0.1) is 11.3 Å². The van der Waals surface area contributed by atoms with E-state index in [0.717, 1.165) is 6.42 Å². The number of aliphatic hydroxyl groups is 1. The van der Waals surface area contributed by atoms with Gasteiger partial charge in [0.15, 0.2) is 0 Å². The highest BCUT2D eigenvalue weighted by Crippen LogP contribution is 2.16. The van der Waals surface area contributed by atoms with Gasteiger partial charge in [-0.15, -0.1) is 0 Å². The van der Waals surface area contributed by atoms with E-state index in [0.29, 0.717) is 42.0 Å². The molecule has 3 rings (SSSR count). The van der Waals surface area contributed by atoms with E-state index < -0.39 is 6.10 Å². The molecular formula is C20H20N4O3. The molecule has 7 heteroatoms. The highest BCUT2D eigenvalue weighted by Gasteiger charge is 2.22. The smallest absolute Gasteiger partial charge is 0.321 e. The van der Waals surface area contributed by atoms with Gasteiger partial charge in [0.25, 0.3) is 5.91 Å². The largest absolute Gasteiger partial charge is 0.391 e. The SMILES string of the molecule is N#Cc1cccc(NC(=O)c2cccc(NC(=O)N3CCCC(O)C3)c2)c1. The number of β-amino-alcohol motifs (C(OH)–C–C–N with tert-alkyl or cyclic N) is 1. The van der Waals surface area contributed by atoms with Crippen LogP contribution in [-0.2, 0) is 0 Å². The molecule has 0 aliphatic carbocycles. The number of likely N-dealkylation sites (tertiary alicyclic amines) is 1. The third-order valence-corrected chi connectivity index (χ3v) is 4.31. The Kier molecular flexibility index (Phi) is 5.69. The van der Waals surface area contributed by atoms with Crippen molar-refractivity contribution >= 4 is 23.3 Å². The van der Waals surface area contributed by atoms with Crippen LogP contribution in [0.15, 0.2) is 48.5 Å². The molecule has 0 saturated carbocycles. The number of urea groups is 1. The van der Waals surface area contributed by atoms with Crippen molar-refractivity contribution in [2.45, 2.75) is 18.9 Å². The normalized spacial score (nSPS) is 16.3. The monoisotopic (exact) mass is 364 g/mol. The molecule has 3 amide bonds. The Morgan fingerprint density at radius 2 is 1.85 bits per heavy atom. The Morgan fingerprint density at radius 3 is 2.59 bits per heavy atom. The van der Waals surface area contributed by atoms with Crippen molar-refractivity contribution in [2.24, 2.45) is 0 Å². The van der Waals surface area contributed by atoms with E-state index >= 15 is 0 Å². The number of aliphatic hydroxyl groups excluding tert-OH is 1. The summed E-state index contributed by atoms with van der Waals surface area (Å²) in [6.07, 6.45) is 0.969. The number of nitrogens with zero attached hydrogens (tertiary/aromatic N) is 2. The first-order valence-corrected chi connectivity index (χ1v) is 8.71. The molecule has 2 aromatic carbocycles. The van der Waals surface area contributed by atoms with Crippen molar-refractivity contribution in [3.8, 4) is 6.07 Å². The van der Waals surface area contributed by atoms with Gasteiger partial charge in [-0.1, -0.05) is 12.1 Å². The predicted octanol–water partition coefficient (Wildman–Crippen LogP) is 2.80. The summed E-state index contributed by atoms with van der Waals surface area (Å²) in [6, 6.07) is 15.0. The lowest BCUT2D eigenvalue weighted by molar-refractivity contribution is 0.0883. The molecule has 1 aliphatic rings. The minimum atomic E-state index is -0.495. The summed E-state index contributed by atoms with van der Waals surface area (Å²) < 4.78 is 0. The van der Waals surface area contributed by atoms with Crippen molar-refractivity contribution in [1.82, 2.24) is 4.90 Å². The topological polar surface area (TPSA) is 105 Å². The van der Waals surface area contributed by atoms with Crippen LogP contribution in [0.5, 0.6) is 0 Å². The molecule has 0 aromatic heterocycles. The predicted molar refractivity (Wildman–Crippen MR) is 101 cm³/mol. The Bertz CT molecular complexity index is 891. The molecule has 1 aliphatic heterocycles. The lowest BCUT2D eigenvalue weighted by Gasteiger charge is -2.30. The van der Waals surface area contributed by atoms with Gasteiger partial charge >= 0.3 is 6.03 Å². The Hall–Kier alpha value is -3.37. The molecule has 138 valence electrons. The van der Waals surface area contributed by atoms with E-state index in [4.69, 9.17) is 5.26 Å². The van der Waals surface area contributed by atoms with Crippen LogP contribution in [0.4, 0.5) is 16.2 Å². The minimum absolute atomic E-state index is 0.298. The van der Waals surface area contributed by atoms with Gasteiger partial charge < -0.3 is 20.6 Å². The number of nitriles is 1. The number of carbonyl (C=O) groups excluding carboxylic acids is 2. The average Bonchev–Trinajstić information content (AvgIpc) is 2.68. The average molecular weight is 364 g/mol. The zero-order valence-electron chi connectivity index (χ0n) is 14.7. The molecule has 27 heavy (non-hydrogen) atoms. The van der Waals surface area contributed by atoms with E-state index in [1.54, 1.807) is 53.4 Å². The second-order valence-corrected chi connectivity index (χ2v) is 6.40. The standard InChI is InChI=1S/C20H20N4O3/c21-12-14-4-1-6-16(10-14)22-19(26)15-5-2-7-17(11-15)23-20(27)24-9-3-8-18(25)13-24/h1-2,4-7,10-11,18,25H,3,8-9,13H2,(H,22,26)(H,23,27). The molecule has 0 spiro atoms. The van der Waals surface area contributed by atoms with Gasteiger partial charge in [-0.25, -0.2) is 4.79 Å². The first-order chi connectivity index (χ1) is 13.0. The van der Waals surface area contributed by atoms with Gasteiger partial charge in [0, 0.05) is 30.0 Å². The van der Waals surface area contributed by atoms with Crippen molar-refractivity contribution in [1.29, 1.82) is 5.26 Å². The molecule has 1 saturated heterocycles. The fourth-order valence-electron chi connectivity index (χ4n) is 2.95. The molecule has 1 unspecified atom stereocenters. The first-order valence-electron chi connectivity index (χ1n) is 8.71. The number of carbonyl (C=O) groups is 2. The van der Waals surface area contributed by atoms with Gasteiger partial charge in [-0.2, -0.15) is 5.26 Å². The highest BCUT2D eigenvalue weighted by molar-refractivity contribution is 6.05. The first kappa shape index (κ1) is 18.4. The Labute approximate surface area is 157 Å². The third kappa shape index (κ3) is 4.84. The number of piperidine rings is 1. The van der Waals surface area contributed by atoms with E-state index in [1.807, 2.05) is 6.07 Å². The van der Waals surface area contributed by atoms with Gasteiger partial charge in [-0.3, -0.25) is 4.79 Å². The minimum Gasteiger partial charge on any atom is -0.391 e. The molecule has 1 heterocycles. The molecule has 0 radical (unpaired) electrons. The number of benzene rings is 2. The zero-order chi connectivity index (χ0) is 19.2. The third-order valence-electron chi connectivity index (χ3n) is 4.31. The van der Waals surface area contributed by atoms with Crippen LogP contribution in [-0.4, -0.2) is 41.1 Å². The summed E-state index contributed by atoms with van der Waals surface area (Å²) in [6.45, 7) is 0.902. The van der Waals surface area contributed by atoms with Gasteiger partial charge in [0.05, 0.1) is 17.7 Å². The van der Waals surface area contributed by atoms with E-state index in [9.17, 15) is 14.7 Å². The van der Waals surface area contributed by atoms with E-state index in [2.05, 4.69) is 10.6 Å². The molecule has 1 atom stereocenters. The lowest BCUT2D eigenvalue weighted by Crippen LogP contribution is -2.44. The van der Waals surface area contributed by atoms with Crippen LogP contribution in [0.1, 0.15) is 28.8 Å². The quantitative estimate of drug-likeness (QED) is 0.779. The summed E-state index contributed by atoms with van der Waals surface area (Å²) in [7, 11) is 0. The highest BCUT2D eigenvalue weighted by atomic mass is 16.3. The number of amides is 3. The fraction of sp³-hybridized carbons (Fsp3) is 0.250. The van der Waals surface area contributed by atoms with Crippen molar-refractivity contribution in [3.63, 3.8) is 0 Å². The van der Waals surface area contributed by atoms with Crippen LogP contribution in [0.2, 0.25) is 0 Å². The van der Waals surface area contributed by atoms with Gasteiger partial charge in [0.2, 0.25) is 0 Å².